The van der Waals surface area contributed by atoms with Gasteiger partial charge in [-0.2, -0.15) is 0 Å². The maximum atomic E-state index is 11.0. The standard InChI is InChI=1S/C10H14ClN3O2/c1-5(2)9(10(15)16)14-8-4-7(11)12-6(3)13-8/h4-5,9H,1-3H3,(H,15,16)(H,12,13,14). The molecule has 0 aliphatic rings. The van der Waals surface area contributed by atoms with Gasteiger partial charge in [0.05, 0.1) is 0 Å². The summed E-state index contributed by atoms with van der Waals surface area (Å²) in [5.74, 6) is -0.0320. The fraction of sp³-hybridized carbons (Fsp3) is 0.500. The maximum absolute atomic E-state index is 11.0. The van der Waals surface area contributed by atoms with Crippen LogP contribution in [0, 0.1) is 12.8 Å². The van der Waals surface area contributed by atoms with Crippen molar-refractivity contribution < 1.29 is 9.90 Å². The molecule has 16 heavy (non-hydrogen) atoms. The van der Waals surface area contributed by atoms with E-state index in [0.29, 0.717) is 16.8 Å². The van der Waals surface area contributed by atoms with Crippen molar-refractivity contribution in [2.45, 2.75) is 26.8 Å². The van der Waals surface area contributed by atoms with Gasteiger partial charge in [0.25, 0.3) is 0 Å². The second kappa shape index (κ2) is 5.12. The number of carboxylic acid groups (broad SMARTS) is 1. The summed E-state index contributed by atoms with van der Waals surface area (Å²) in [6.07, 6.45) is 0. The molecule has 1 aromatic heterocycles. The number of aryl methyl sites for hydroxylation is 1. The van der Waals surface area contributed by atoms with Crippen molar-refractivity contribution in [2.24, 2.45) is 5.92 Å². The number of hydrogen-bond donors (Lipinski definition) is 2. The van der Waals surface area contributed by atoms with Gasteiger partial charge in [-0.3, -0.25) is 0 Å². The highest BCUT2D eigenvalue weighted by molar-refractivity contribution is 6.29. The Morgan fingerprint density at radius 3 is 2.56 bits per heavy atom. The van der Waals surface area contributed by atoms with Crippen LogP contribution in [0.5, 0.6) is 0 Å². The Labute approximate surface area is 98.9 Å². The number of carbonyl (C=O) groups is 1. The van der Waals surface area contributed by atoms with Crippen molar-refractivity contribution in [3.8, 4) is 0 Å². The van der Waals surface area contributed by atoms with E-state index < -0.39 is 12.0 Å². The van der Waals surface area contributed by atoms with Crippen LogP contribution in [0.2, 0.25) is 5.15 Å². The number of nitrogens with one attached hydrogen (secondary N) is 1. The Morgan fingerprint density at radius 1 is 1.50 bits per heavy atom. The van der Waals surface area contributed by atoms with Crippen LogP contribution in [0.15, 0.2) is 6.07 Å². The lowest BCUT2D eigenvalue weighted by molar-refractivity contribution is -0.138. The summed E-state index contributed by atoms with van der Waals surface area (Å²) in [6, 6.07) is 0.817. The molecule has 2 N–H and O–H groups in total. The lowest BCUT2D eigenvalue weighted by Crippen LogP contribution is -2.34. The van der Waals surface area contributed by atoms with Crippen LogP contribution in [0.1, 0.15) is 19.7 Å². The van der Waals surface area contributed by atoms with E-state index in [9.17, 15) is 4.79 Å². The van der Waals surface area contributed by atoms with E-state index in [1.807, 2.05) is 13.8 Å². The zero-order valence-corrected chi connectivity index (χ0v) is 10.1. The normalized spacial score (nSPS) is 12.6. The van der Waals surface area contributed by atoms with Crippen molar-refractivity contribution in [3.05, 3.63) is 17.0 Å². The van der Waals surface area contributed by atoms with Crippen LogP contribution in [-0.2, 0) is 4.79 Å². The Kier molecular flexibility index (Phi) is 4.06. The van der Waals surface area contributed by atoms with Gasteiger partial charge in [-0.15, -0.1) is 0 Å². The molecule has 1 heterocycles. The first-order valence-corrected chi connectivity index (χ1v) is 5.28. The largest absolute Gasteiger partial charge is 0.480 e. The number of rotatable bonds is 4. The number of nitrogens with zero attached hydrogens (tertiary/aromatic N) is 2. The number of carboxylic acids is 1. The molecule has 0 saturated carbocycles. The van der Waals surface area contributed by atoms with Crippen LogP contribution in [-0.4, -0.2) is 27.1 Å². The summed E-state index contributed by atoms with van der Waals surface area (Å²) in [4.78, 5) is 18.9. The third-order valence-electron chi connectivity index (χ3n) is 2.04. The minimum Gasteiger partial charge on any atom is -0.480 e. The number of aromatic nitrogens is 2. The molecule has 1 rings (SSSR count). The minimum atomic E-state index is -0.914. The number of aliphatic carboxylic acids is 1. The third kappa shape index (κ3) is 3.34. The smallest absolute Gasteiger partial charge is 0.326 e. The predicted molar refractivity (Wildman–Crippen MR) is 61.7 cm³/mol. The first kappa shape index (κ1) is 12.7. The van der Waals surface area contributed by atoms with Gasteiger partial charge in [0, 0.05) is 6.07 Å². The molecule has 0 radical (unpaired) electrons. The van der Waals surface area contributed by atoms with E-state index in [1.54, 1.807) is 6.92 Å². The zero-order valence-electron chi connectivity index (χ0n) is 9.36. The Balaban J connectivity index is 2.89. The van der Waals surface area contributed by atoms with E-state index in [2.05, 4.69) is 15.3 Å². The molecule has 88 valence electrons. The highest BCUT2D eigenvalue weighted by Crippen LogP contribution is 2.14. The molecule has 5 nitrogen and oxygen atoms in total. The summed E-state index contributed by atoms with van der Waals surface area (Å²) in [6.45, 7) is 5.34. The average Bonchev–Trinajstić information content (AvgIpc) is 2.11. The Bertz CT molecular complexity index is 375. The van der Waals surface area contributed by atoms with Gasteiger partial charge >= 0.3 is 5.97 Å². The maximum Gasteiger partial charge on any atom is 0.326 e. The predicted octanol–water partition coefficient (Wildman–Crippen LogP) is 1.96. The lowest BCUT2D eigenvalue weighted by atomic mass is 10.1. The highest BCUT2D eigenvalue weighted by Gasteiger charge is 2.21. The Morgan fingerprint density at radius 2 is 2.12 bits per heavy atom. The summed E-state index contributed by atoms with van der Waals surface area (Å²) >= 11 is 5.75. The van der Waals surface area contributed by atoms with E-state index >= 15 is 0 Å². The molecule has 0 amide bonds. The Hall–Kier alpha value is -1.36. The summed E-state index contributed by atoms with van der Waals surface area (Å²) in [7, 11) is 0. The molecule has 0 fully saturated rings. The SMILES string of the molecule is Cc1nc(Cl)cc(NC(C(=O)O)C(C)C)n1. The molecule has 0 spiro atoms. The van der Waals surface area contributed by atoms with Gasteiger partial charge in [0.1, 0.15) is 22.8 Å². The fourth-order valence-electron chi connectivity index (χ4n) is 1.28. The number of anilines is 1. The van der Waals surface area contributed by atoms with E-state index in [1.165, 1.54) is 6.07 Å². The van der Waals surface area contributed by atoms with Gasteiger partial charge in [-0.25, -0.2) is 14.8 Å². The van der Waals surface area contributed by atoms with Gasteiger partial charge < -0.3 is 10.4 Å². The van der Waals surface area contributed by atoms with Gasteiger partial charge in [0.2, 0.25) is 0 Å². The summed E-state index contributed by atoms with van der Waals surface area (Å²) in [5.41, 5.74) is 0. The molecule has 0 aromatic carbocycles. The minimum absolute atomic E-state index is 0.0495. The molecule has 0 bridgehead atoms. The van der Waals surface area contributed by atoms with Gasteiger partial charge in [0.15, 0.2) is 0 Å². The molecule has 0 saturated heterocycles. The van der Waals surface area contributed by atoms with E-state index in [-0.39, 0.29) is 5.92 Å². The van der Waals surface area contributed by atoms with Crippen LogP contribution in [0.25, 0.3) is 0 Å². The van der Waals surface area contributed by atoms with Crippen LogP contribution in [0.4, 0.5) is 5.82 Å². The first-order chi connectivity index (χ1) is 7.40. The third-order valence-corrected chi connectivity index (χ3v) is 2.24. The molecule has 0 aliphatic heterocycles. The van der Waals surface area contributed by atoms with Crippen LogP contribution >= 0.6 is 11.6 Å². The molecule has 1 atom stereocenters. The molecule has 1 unspecified atom stereocenters. The topological polar surface area (TPSA) is 75.1 Å². The molecular weight excluding hydrogens is 230 g/mol. The highest BCUT2D eigenvalue weighted by atomic mass is 35.5. The number of hydrogen-bond acceptors (Lipinski definition) is 4. The summed E-state index contributed by atoms with van der Waals surface area (Å²) < 4.78 is 0. The average molecular weight is 244 g/mol. The van der Waals surface area contributed by atoms with E-state index in [4.69, 9.17) is 16.7 Å². The quantitative estimate of drug-likeness (QED) is 0.791. The van der Waals surface area contributed by atoms with Crippen molar-refractivity contribution in [1.29, 1.82) is 0 Å². The molecule has 0 aliphatic carbocycles. The second-order valence-corrected chi connectivity index (χ2v) is 4.21. The van der Waals surface area contributed by atoms with E-state index in [0.717, 1.165) is 0 Å². The summed E-state index contributed by atoms with van der Waals surface area (Å²) in [5, 5.41) is 12.1. The lowest BCUT2D eigenvalue weighted by Gasteiger charge is -2.18. The molecule has 1 aromatic rings. The van der Waals surface area contributed by atoms with Gasteiger partial charge in [-0.05, 0) is 12.8 Å². The fourth-order valence-corrected chi connectivity index (χ4v) is 1.50. The second-order valence-electron chi connectivity index (χ2n) is 3.83. The first-order valence-electron chi connectivity index (χ1n) is 4.90. The van der Waals surface area contributed by atoms with Crippen molar-refractivity contribution in [3.63, 3.8) is 0 Å². The number of halogens is 1. The van der Waals surface area contributed by atoms with Gasteiger partial charge in [-0.1, -0.05) is 25.4 Å². The van der Waals surface area contributed by atoms with Crippen molar-refractivity contribution in [2.75, 3.05) is 5.32 Å². The van der Waals surface area contributed by atoms with Crippen molar-refractivity contribution in [1.82, 2.24) is 9.97 Å². The van der Waals surface area contributed by atoms with Crippen molar-refractivity contribution >= 4 is 23.4 Å². The van der Waals surface area contributed by atoms with Crippen LogP contribution in [0.3, 0.4) is 0 Å². The van der Waals surface area contributed by atoms with Crippen LogP contribution < -0.4 is 5.32 Å². The monoisotopic (exact) mass is 243 g/mol. The molecular formula is C10H14ClN3O2. The molecule has 6 heteroatoms. The zero-order chi connectivity index (χ0) is 12.3.